The Bertz CT molecular complexity index is 1140. The predicted molar refractivity (Wildman–Crippen MR) is 136 cm³/mol. The van der Waals surface area contributed by atoms with Gasteiger partial charge in [-0.1, -0.05) is 12.1 Å². The molecular weight excluding hydrogens is 426 g/mol. The molecule has 2 saturated heterocycles. The van der Waals surface area contributed by atoms with Crippen molar-refractivity contribution in [1.82, 2.24) is 29.7 Å². The Morgan fingerprint density at radius 1 is 1.09 bits per heavy atom. The van der Waals surface area contributed by atoms with E-state index in [0.29, 0.717) is 5.56 Å². The zero-order valence-corrected chi connectivity index (χ0v) is 20.5. The summed E-state index contributed by atoms with van der Waals surface area (Å²) in [6.07, 6.45) is 4.24. The summed E-state index contributed by atoms with van der Waals surface area (Å²) in [7, 11) is 5.74. The molecule has 1 amide bonds. The minimum atomic E-state index is -0.0141. The molecule has 8 heteroatoms. The Balaban J connectivity index is 1.30. The standard InChI is InChI=1S/C26H35N7O/c1-30(2)26(34)21-6-4-5-20(17-21)24-28-22-7-10-27-25(23(22)29-24)33-11-8-19(9-12-33)18-32-15-13-31(3)14-16-32/h4-7,10,17,19H,8-9,11-16,18H2,1-3H3,(H,28,29). The van der Waals surface area contributed by atoms with E-state index >= 15 is 0 Å². The van der Waals surface area contributed by atoms with Gasteiger partial charge in [-0.25, -0.2) is 9.97 Å². The van der Waals surface area contributed by atoms with Gasteiger partial charge in [0.1, 0.15) is 11.3 Å². The average Bonchev–Trinajstić information content (AvgIpc) is 3.30. The number of H-pyrrole nitrogens is 1. The molecule has 1 N–H and O–H groups in total. The van der Waals surface area contributed by atoms with Gasteiger partial charge in [0.05, 0.1) is 5.52 Å². The second kappa shape index (κ2) is 9.72. The molecule has 8 nitrogen and oxygen atoms in total. The maximum Gasteiger partial charge on any atom is 0.253 e. The summed E-state index contributed by atoms with van der Waals surface area (Å²) >= 11 is 0. The minimum absolute atomic E-state index is 0.0141. The number of benzene rings is 1. The Labute approximate surface area is 201 Å². The maximum atomic E-state index is 12.4. The number of hydrogen-bond acceptors (Lipinski definition) is 6. The van der Waals surface area contributed by atoms with Crippen LogP contribution in [0.2, 0.25) is 0 Å². The summed E-state index contributed by atoms with van der Waals surface area (Å²) < 4.78 is 0. The third-order valence-corrected chi connectivity index (χ3v) is 7.20. The Kier molecular flexibility index (Phi) is 6.52. The van der Waals surface area contributed by atoms with E-state index in [1.807, 2.05) is 36.5 Å². The normalized spacial score (nSPS) is 18.5. The molecule has 4 heterocycles. The van der Waals surface area contributed by atoms with Gasteiger partial charge in [-0.2, -0.15) is 0 Å². The van der Waals surface area contributed by atoms with Crippen molar-refractivity contribution in [2.24, 2.45) is 5.92 Å². The molecule has 2 aromatic heterocycles. The van der Waals surface area contributed by atoms with Gasteiger partial charge < -0.3 is 24.6 Å². The molecule has 5 rings (SSSR count). The maximum absolute atomic E-state index is 12.4. The summed E-state index contributed by atoms with van der Waals surface area (Å²) in [5, 5.41) is 0. The lowest BCUT2D eigenvalue weighted by Crippen LogP contribution is -2.47. The van der Waals surface area contributed by atoms with E-state index in [0.717, 1.165) is 47.2 Å². The molecule has 0 radical (unpaired) electrons. The van der Waals surface area contributed by atoms with Crippen LogP contribution in [0, 0.1) is 5.92 Å². The highest BCUT2D eigenvalue weighted by Gasteiger charge is 2.25. The summed E-state index contributed by atoms with van der Waals surface area (Å²) in [4.78, 5) is 34.5. The lowest BCUT2D eigenvalue weighted by Gasteiger charge is -2.38. The van der Waals surface area contributed by atoms with Crippen molar-refractivity contribution in [2.45, 2.75) is 12.8 Å². The third-order valence-electron chi connectivity index (χ3n) is 7.20. The van der Waals surface area contributed by atoms with E-state index in [-0.39, 0.29) is 5.91 Å². The highest BCUT2D eigenvalue weighted by Crippen LogP contribution is 2.30. The number of piperazine rings is 1. The molecule has 0 atom stereocenters. The molecule has 2 fully saturated rings. The molecular formula is C26H35N7O. The molecule has 2 aliphatic heterocycles. The number of carbonyl (C=O) groups excluding carboxylic acids is 1. The second-order valence-corrected chi connectivity index (χ2v) is 9.93. The fourth-order valence-corrected chi connectivity index (χ4v) is 5.07. The number of nitrogens with one attached hydrogen (secondary N) is 1. The van der Waals surface area contributed by atoms with Crippen LogP contribution in [-0.4, -0.2) is 103 Å². The van der Waals surface area contributed by atoms with Gasteiger partial charge in [-0.05, 0) is 44.0 Å². The minimum Gasteiger partial charge on any atom is -0.355 e. The topological polar surface area (TPSA) is 71.6 Å². The Morgan fingerprint density at radius 2 is 1.85 bits per heavy atom. The average molecular weight is 462 g/mol. The number of aromatic amines is 1. The van der Waals surface area contributed by atoms with Crippen molar-refractivity contribution in [3.8, 4) is 11.4 Å². The molecule has 0 bridgehead atoms. The molecule has 2 aliphatic rings. The van der Waals surface area contributed by atoms with E-state index in [9.17, 15) is 4.79 Å². The number of nitrogens with zero attached hydrogens (tertiary/aromatic N) is 6. The van der Waals surface area contributed by atoms with Crippen LogP contribution in [0.25, 0.3) is 22.4 Å². The number of amides is 1. The first kappa shape index (κ1) is 22.8. The van der Waals surface area contributed by atoms with E-state index in [4.69, 9.17) is 9.97 Å². The van der Waals surface area contributed by atoms with E-state index in [2.05, 4.69) is 26.7 Å². The SMILES string of the molecule is CN1CCN(CC2CCN(c3nccc4[nH]c(-c5cccc(C(=O)N(C)C)c5)nc34)CC2)CC1. The first-order valence-corrected chi connectivity index (χ1v) is 12.3. The molecule has 180 valence electrons. The number of carbonyl (C=O) groups is 1. The monoisotopic (exact) mass is 461 g/mol. The Hall–Kier alpha value is -2.97. The largest absolute Gasteiger partial charge is 0.355 e. The first-order chi connectivity index (χ1) is 16.5. The molecule has 1 aromatic carbocycles. The van der Waals surface area contributed by atoms with E-state index in [1.54, 1.807) is 19.0 Å². The number of piperidine rings is 1. The van der Waals surface area contributed by atoms with Crippen molar-refractivity contribution in [1.29, 1.82) is 0 Å². The highest BCUT2D eigenvalue weighted by atomic mass is 16.2. The smallest absolute Gasteiger partial charge is 0.253 e. The van der Waals surface area contributed by atoms with Gasteiger partial charge in [0.15, 0.2) is 5.82 Å². The lowest BCUT2D eigenvalue weighted by atomic mass is 9.96. The number of aromatic nitrogens is 3. The summed E-state index contributed by atoms with van der Waals surface area (Å²) in [5.74, 6) is 2.46. The Morgan fingerprint density at radius 3 is 2.59 bits per heavy atom. The van der Waals surface area contributed by atoms with Gasteiger partial charge in [0.25, 0.3) is 5.91 Å². The quantitative estimate of drug-likeness (QED) is 0.630. The second-order valence-electron chi connectivity index (χ2n) is 9.93. The van der Waals surface area contributed by atoms with Gasteiger partial charge in [-0.15, -0.1) is 0 Å². The van der Waals surface area contributed by atoms with Crippen molar-refractivity contribution in [3.05, 3.63) is 42.1 Å². The molecule has 0 spiro atoms. The van der Waals surface area contributed by atoms with Gasteiger partial charge in [0.2, 0.25) is 0 Å². The predicted octanol–water partition coefficient (Wildman–Crippen LogP) is 2.79. The van der Waals surface area contributed by atoms with Gasteiger partial charge in [0, 0.05) is 77.2 Å². The first-order valence-electron chi connectivity index (χ1n) is 12.3. The van der Waals surface area contributed by atoms with E-state index < -0.39 is 0 Å². The summed E-state index contributed by atoms with van der Waals surface area (Å²) in [5.41, 5.74) is 3.44. The zero-order valence-electron chi connectivity index (χ0n) is 20.5. The van der Waals surface area contributed by atoms with Crippen LogP contribution < -0.4 is 4.90 Å². The fraction of sp³-hybridized carbons (Fsp3) is 0.500. The molecule has 34 heavy (non-hydrogen) atoms. The van der Waals surface area contributed by atoms with Crippen LogP contribution in [0.3, 0.4) is 0 Å². The number of anilines is 1. The molecule has 0 aliphatic carbocycles. The fourth-order valence-electron chi connectivity index (χ4n) is 5.07. The zero-order chi connectivity index (χ0) is 23.7. The van der Waals surface area contributed by atoms with E-state index in [1.165, 1.54) is 45.6 Å². The number of likely N-dealkylation sites (N-methyl/N-ethyl adjacent to an activating group) is 1. The number of pyridine rings is 1. The molecule has 3 aromatic rings. The van der Waals surface area contributed by atoms with Crippen LogP contribution in [-0.2, 0) is 0 Å². The van der Waals surface area contributed by atoms with Crippen LogP contribution in [0.5, 0.6) is 0 Å². The number of rotatable bonds is 5. The lowest BCUT2D eigenvalue weighted by molar-refractivity contribution is 0.0827. The number of imidazole rings is 1. The van der Waals surface area contributed by atoms with Crippen molar-refractivity contribution in [2.75, 3.05) is 71.9 Å². The van der Waals surface area contributed by atoms with Gasteiger partial charge in [-0.3, -0.25) is 4.79 Å². The molecule has 0 saturated carbocycles. The van der Waals surface area contributed by atoms with Crippen molar-refractivity contribution >= 4 is 22.8 Å². The molecule has 0 unspecified atom stereocenters. The number of hydrogen-bond donors (Lipinski definition) is 1. The summed E-state index contributed by atoms with van der Waals surface area (Å²) in [6.45, 7) is 7.98. The highest BCUT2D eigenvalue weighted by molar-refractivity contribution is 5.95. The summed E-state index contributed by atoms with van der Waals surface area (Å²) in [6, 6.07) is 9.61. The van der Waals surface area contributed by atoms with Crippen LogP contribution in [0.4, 0.5) is 5.82 Å². The van der Waals surface area contributed by atoms with Gasteiger partial charge >= 0.3 is 0 Å². The van der Waals surface area contributed by atoms with Crippen LogP contribution >= 0.6 is 0 Å². The number of fused-ring (bicyclic) bond motifs is 1. The van der Waals surface area contributed by atoms with Crippen LogP contribution in [0.1, 0.15) is 23.2 Å². The van der Waals surface area contributed by atoms with Crippen molar-refractivity contribution < 1.29 is 4.79 Å². The third kappa shape index (κ3) is 4.79. The van der Waals surface area contributed by atoms with Crippen LogP contribution in [0.15, 0.2) is 36.5 Å². The van der Waals surface area contributed by atoms with Crippen molar-refractivity contribution in [3.63, 3.8) is 0 Å².